The first-order valence-electron chi connectivity index (χ1n) is 7.57. The molecule has 2 rings (SSSR count). The minimum atomic E-state index is -4.21. The van der Waals surface area contributed by atoms with Gasteiger partial charge in [-0.2, -0.15) is 16.8 Å². The molecular weight excluding hydrogens is 384 g/mol. The number of unbranched alkanes of at least 4 members (excludes halogenated alkanes) is 1. The third kappa shape index (κ3) is 6.30. The Morgan fingerprint density at radius 3 is 1.19 bits per heavy atom. The predicted molar refractivity (Wildman–Crippen MR) is 92.7 cm³/mol. The van der Waals surface area contributed by atoms with Crippen molar-refractivity contribution in [3.63, 3.8) is 0 Å². The molecule has 0 fully saturated rings. The molecule has 2 N–H and O–H groups in total. The van der Waals surface area contributed by atoms with E-state index in [4.69, 9.17) is 18.6 Å². The van der Waals surface area contributed by atoms with Gasteiger partial charge in [-0.25, -0.2) is 0 Å². The van der Waals surface area contributed by atoms with Gasteiger partial charge in [-0.05, 0) is 61.4 Å². The van der Waals surface area contributed by atoms with Crippen molar-refractivity contribution in [2.45, 2.75) is 22.6 Å². The highest BCUT2D eigenvalue weighted by atomic mass is 32.2. The Kier molecular flexibility index (Phi) is 6.59. The van der Waals surface area contributed by atoms with Gasteiger partial charge in [0.25, 0.3) is 20.2 Å². The Balaban J connectivity index is 1.68. The number of rotatable bonds is 9. The summed E-state index contributed by atoms with van der Waals surface area (Å²) < 4.78 is 72.3. The summed E-state index contributed by atoms with van der Waals surface area (Å²) in [6.07, 6.45) is 1.37. The summed E-state index contributed by atoms with van der Waals surface area (Å²) >= 11 is 0. The van der Waals surface area contributed by atoms with Gasteiger partial charge in [0.05, 0.1) is 23.0 Å². The van der Waals surface area contributed by atoms with Crippen molar-refractivity contribution in [1.29, 1.82) is 0 Å². The highest BCUT2D eigenvalue weighted by Gasteiger charge is 2.09. The van der Waals surface area contributed by atoms with Crippen LogP contribution in [0.2, 0.25) is 0 Å². The number of benzene rings is 2. The van der Waals surface area contributed by atoms with Gasteiger partial charge in [-0.15, -0.1) is 0 Å². The van der Waals surface area contributed by atoms with E-state index in [1.54, 1.807) is 0 Å². The molecule has 0 bridgehead atoms. The van der Waals surface area contributed by atoms with Crippen molar-refractivity contribution in [1.82, 2.24) is 0 Å². The molecule has 0 unspecified atom stereocenters. The fraction of sp³-hybridized carbons (Fsp3) is 0.250. The lowest BCUT2D eigenvalue weighted by atomic mass is 10.3. The minimum absolute atomic E-state index is 0.196. The Bertz CT molecular complexity index is 838. The summed E-state index contributed by atoms with van der Waals surface area (Å²) in [4.78, 5) is -0.392. The van der Waals surface area contributed by atoms with Gasteiger partial charge in [0.1, 0.15) is 11.5 Å². The molecular formula is C16H18O8S2. The molecule has 0 aliphatic carbocycles. The summed E-state index contributed by atoms with van der Waals surface area (Å²) in [5.41, 5.74) is 0. The molecule has 0 radical (unpaired) electrons. The molecule has 0 heterocycles. The molecule has 0 spiro atoms. The van der Waals surface area contributed by atoms with Crippen LogP contribution >= 0.6 is 0 Å². The average Bonchev–Trinajstić information content (AvgIpc) is 2.57. The molecule has 142 valence electrons. The first-order chi connectivity index (χ1) is 12.2. The van der Waals surface area contributed by atoms with Gasteiger partial charge < -0.3 is 9.47 Å². The van der Waals surface area contributed by atoms with Crippen LogP contribution in [0.25, 0.3) is 0 Å². The maximum Gasteiger partial charge on any atom is 0.294 e. The zero-order chi connectivity index (χ0) is 19.2. The fourth-order valence-electron chi connectivity index (χ4n) is 2.00. The van der Waals surface area contributed by atoms with E-state index in [1.807, 2.05) is 0 Å². The molecule has 0 saturated carbocycles. The maximum atomic E-state index is 10.9. The van der Waals surface area contributed by atoms with E-state index in [-0.39, 0.29) is 9.79 Å². The molecule has 2 aromatic rings. The van der Waals surface area contributed by atoms with Crippen molar-refractivity contribution in [2.24, 2.45) is 0 Å². The van der Waals surface area contributed by atoms with Crippen LogP contribution in [0, 0.1) is 0 Å². The van der Waals surface area contributed by atoms with E-state index < -0.39 is 20.2 Å². The van der Waals surface area contributed by atoms with Crippen LogP contribution in [0.3, 0.4) is 0 Å². The van der Waals surface area contributed by atoms with Crippen LogP contribution in [0.5, 0.6) is 11.5 Å². The van der Waals surface area contributed by atoms with Crippen LogP contribution in [-0.4, -0.2) is 39.2 Å². The molecule has 0 aromatic heterocycles. The van der Waals surface area contributed by atoms with Gasteiger partial charge in [-0.3, -0.25) is 9.11 Å². The first-order valence-corrected chi connectivity index (χ1v) is 10.4. The van der Waals surface area contributed by atoms with Crippen molar-refractivity contribution < 1.29 is 35.4 Å². The Hall–Kier alpha value is -2.14. The van der Waals surface area contributed by atoms with E-state index in [0.717, 1.165) is 0 Å². The molecule has 2 aromatic carbocycles. The molecule has 0 aliphatic rings. The van der Waals surface area contributed by atoms with Crippen molar-refractivity contribution in [3.05, 3.63) is 48.5 Å². The molecule has 0 amide bonds. The van der Waals surface area contributed by atoms with Gasteiger partial charge in [0.2, 0.25) is 0 Å². The van der Waals surface area contributed by atoms with E-state index in [0.29, 0.717) is 37.6 Å². The van der Waals surface area contributed by atoms with E-state index in [1.165, 1.54) is 48.5 Å². The number of hydrogen-bond acceptors (Lipinski definition) is 6. The van der Waals surface area contributed by atoms with Crippen molar-refractivity contribution in [3.8, 4) is 11.5 Å². The quantitative estimate of drug-likeness (QED) is 0.483. The highest BCUT2D eigenvalue weighted by molar-refractivity contribution is 7.86. The van der Waals surface area contributed by atoms with Crippen molar-refractivity contribution in [2.75, 3.05) is 13.2 Å². The third-order valence-corrected chi connectivity index (χ3v) is 5.06. The summed E-state index contributed by atoms with van der Waals surface area (Å²) in [6, 6.07) is 10.8. The second-order valence-electron chi connectivity index (χ2n) is 5.30. The highest BCUT2D eigenvalue weighted by Crippen LogP contribution is 2.17. The molecule has 0 saturated heterocycles. The van der Waals surface area contributed by atoms with E-state index >= 15 is 0 Å². The van der Waals surface area contributed by atoms with Gasteiger partial charge in [0, 0.05) is 0 Å². The molecule has 0 atom stereocenters. The van der Waals surface area contributed by atoms with Crippen LogP contribution < -0.4 is 9.47 Å². The second-order valence-corrected chi connectivity index (χ2v) is 8.14. The molecule has 0 aliphatic heterocycles. The van der Waals surface area contributed by atoms with Gasteiger partial charge in [-0.1, -0.05) is 0 Å². The van der Waals surface area contributed by atoms with Crippen LogP contribution in [0.15, 0.2) is 58.3 Å². The lowest BCUT2D eigenvalue weighted by molar-refractivity contribution is 0.266. The Morgan fingerprint density at radius 1 is 0.615 bits per heavy atom. The van der Waals surface area contributed by atoms with Crippen LogP contribution in [0.1, 0.15) is 12.8 Å². The monoisotopic (exact) mass is 402 g/mol. The van der Waals surface area contributed by atoms with Gasteiger partial charge >= 0.3 is 0 Å². The second kappa shape index (κ2) is 8.49. The lowest BCUT2D eigenvalue weighted by Crippen LogP contribution is -2.03. The molecule has 10 heteroatoms. The van der Waals surface area contributed by atoms with Crippen LogP contribution in [0.4, 0.5) is 0 Å². The Labute approximate surface area is 151 Å². The first kappa shape index (κ1) is 20.2. The fourth-order valence-corrected chi connectivity index (χ4v) is 2.96. The lowest BCUT2D eigenvalue weighted by Gasteiger charge is -2.08. The Morgan fingerprint density at radius 2 is 0.923 bits per heavy atom. The van der Waals surface area contributed by atoms with E-state index in [9.17, 15) is 16.8 Å². The molecule has 26 heavy (non-hydrogen) atoms. The van der Waals surface area contributed by atoms with E-state index in [2.05, 4.69) is 0 Å². The summed E-state index contributed by atoms with van der Waals surface area (Å²) in [6.45, 7) is 0.798. The number of ether oxygens (including phenoxy) is 2. The topological polar surface area (TPSA) is 127 Å². The van der Waals surface area contributed by atoms with Crippen molar-refractivity contribution >= 4 is 20.2 Å². The predicted octanol–water partition coefficient (Wildman–Crippen LogP) is 2.42. The van der Waals surface area contributed by atoms with Gasteiger partial charge in [0.15, 0.2) is 0 Å². The largest absolute Gasteiger partial charge is 0.494 e. The SMILES string of the molecule is O=S(=O)(O)c1ccc(OCCCCOc2ccc(S(=O)(=O)O)cc2)cc1. The summed E-state index contributed by atoms with van der Waals surface area (Å²) in [5.74, 6) is 0.971. The van der Waals surface area contributed by atoms with Crippen LogP contribution in [-0.2, 0) is 20.2 Å². The third-order valence-electron chi connectivity index (χ3n) is 3.32. The maximum absolute atomic E-state index is 10.9. The number of hydrogen-bond donors (Lipinski definition) is 2. The molecule has 8 nitrogen and oxygen atoms in total. The average molecular weight is 402 g/mol. The minimum Gasteiger partial charge on any atom is -0.494 e. The summed E-state index contributed by atoms with van der Waals surface area (Å²) in [7, 11) is -8.42. The normalized spacial score (nSPS) is 11.9. The smallest absolute Gasteiger partial charge is 0.294 e. The zero-order valence-electron chi connectivity index (χ0n) is 13.6. The zero-order valence-corrected chi connectivity index (χ0v) is 15.2. The standard InChI is InChI=1S/C16H18O8S2/c17-25(18,19)15-7-3-13(4-8-15)23-11-1-2-12-24-14-5-9-16(10-6-14)26(20,21)22/h3-10H,1-2,11-12H2,(H,17,18,19)(H,20,21,22). The summed E-state index contributed by atoms with van der Waals surface area (Å²) in [5, 5.41) is 0.